The molecular weight excluding hydrogens is 222 g/mol. The Hall–Kier alpha value is -1.73. The maximum atomic E-state index is 10.5. The quantitative estimate of drug-likeness (QED) is 0.258. The molecule has 0 aliphatic carbocycles. The lowest BCUT2D eigenvalue weighted by molar-refractivity contribution is -0.385. The van der Waals surface area contributed by atoms with Gasteiger partial charge in [-0.2, -0.15) is 5.10 Å². The maximum Gasteiger partial charge on any atom is 0.288 e. The van der Waals surface area contributed by atoms with Crippen molar-refractivity contribution in [1.29, 1.82) is 0 Å². The zero-order valence-electron chi connectivity index (χ0n) is 7.50. The van der Waals surface area contributed by atoms with E-state index in [1.807, 2.05) is 0 Å². The second-order valence-corrected chi connectivity index (χ2v) is 3.01. The van der Waals surface area contributed by atoms with E-state index in [4.69, 9.17) is 23.2 Å². The van der Waals surface area contributed by atoms with E-state index >= 15 is 0 Å². The summed E-state index contributed by atoms with van der Waals surface area (Å²) < 4.78 is 0. The lowest BCUT2D eigenvalue weighted by Crippen LogP contribution is -2.14. The van der Waals surface area contributed by atoms with E-state index in [0.29, 0.717) is 5.56 Å². The Bertz CT molecular complexity index is 408. The summed E-state index contributed by atoms with van der Waals surface area (Å²) in [6.07, 6.45) is 2.27. The van der Waals surface area contributed by atoms with Crippen LogP contribution in [0.4, 0.5) is 5.69 Å². The number of halogens is 1. The molecule has 4 N–H and O–H groups in total. The van der Waals surface area contributed by atoms with Crippen molar-refractivity contribution in [3.05, 3.63) is 33.1 Å². The van der Waals surface area contributed by atoms with Gasteiger partial charge in [0, 0.05) is 17.8 Å². The van der Waals surface area contributed by atoms with Crippen LogP contribution in [0.1, 0.15) is 11.6 Å². The largest absolute Gasteiger partial charge is 0.324 e. The Kier molecular flexibility index (Phi) is 3.53. The van der Waals surface area contributed by atoms with Gasteiger partial charge >= 0.3 is 0 Å². The van der Waals surface area contributed by atoms with Gasteiger partial charge in [0.05, 0.1) is 11.0 Å². The van der Waals surface area contributed by atoms with Crippen molar-refractivity contribution < 1.29 is 4.92 Å². The minimum absolute atomic E-state index is 0.0907. The van der Waals surface area contributed by atoms with Gasteiger partial charge in [-0.25, -0.2) is 4.98 Å². The fraction of sp³-hybridized carbons (Fsp3) is 0.143. The minimum atomic E-state index is -0.713. The molecule has 1 rings (SSSR count). The summed E-state index contributed by atoms with van der Waals surface area (Å²) in [7, 11) is 0. The Morgan fingerprint density at radius 3 is 2.93 bits per heavy atom. The summed E-state index contributed by atoms with van der Waals surface area (Å²) in [5, 5.41) is 13.8. The van der Waals surface area contributed by atoms with Gasteiger partial charge in [0.15, 0.2) is 0 Å². The monoisotopic (exact) mass is 229 g/mol. The normalized spacial score (nSPS) is 12.9. The fourth-order valence-electron chi connectivity index (χ4n) is 0.960. The van der Waals surface area contributed by atoms with Crippen molar-refractivity contribution in [2.24, 2.45) is 16.7 Å². The molecule has 1 heterocycles. The first kappa shape index (κ1) is 11.3. The van der Waals surface area contributed by atoms with Crippen LogP contribution in [0.3, 0.4) is 0 Å². The maximum absolute atomic E-state index is 10.5. The molecule has 1 unspecified atom stereocenters. The Balaban J connectivity index is 3.15. The van der Waals surface area contributed by atoms with E-state index in [0.717, 1.165) is 6.20 Å². The molecule has 0 aromatic carbocycles. The van der Waals surface area contributed by atoms with Crippen LogP contribution in [-0.2, 0) is 0 Å². The van der Waals surface area contributed by atoms with E-state index in [1.165, 1.54) is 12.3 Å². The molecule has 15 heavy (non-hydrogen) atoms. The van der Waals surface area contributed by atoms with Crippen LogP contribution >= 0.6 is 11.6 Å². The number of aromatic nitrogens is 1. The van der Waals surface area contributed by atoms with E-state index in [-0.39, 0.29) is 10.8 Å². The highest BCUT2D eigenvalue weighted by atomic mass is 35.5. The van der Waals surface area contributed by atoms with Crippen LogP contribution in [0.15, 0.2) is 17.4 Å². The van der Waals surface area contributed by atoms with Crippen LogP contribution in [0, 0.1) is 10.1 Å². The van der Waals surface area contributed by atoms with Crippen molar-refractivity contribution in [1.82, 2.24) is 4.98 Å². The van der Waals surface area contributed by atoms with Crippen molar-refractivity contribution in [3.63, 3.8) is 0 Å². The molecule has 1 atom stereocenters. The lowest BCUT2D eigenvalue weighted by Gasteiger charge is -2.06. The molecule has 0 spiro atoms. The summed E-state index contributed by atoms with van der Waals surface area (Å²) >= 11 is 5.72. The van der Waals surface area contributed by atoms with Crippen LogP contribution in [-0.4, -0.2) is 16.1 Å². The third-order valence-corrected chi connectivity index (χ3v) is 1.98. The van der Waals surface area contributed by atoms with E-state index in [2.05, 4.69) is 10.1 Å². The molecule has 80 valence electrons. The fourth-order valence-corrected chi connectivity index (χ4v) is 1.19. The number of hydrogen-bond acceptors (Lipinski definition) is 6. The Morgan fingerprint density at radius 2 is 2.40 bits per heavy atom. The van der Waals surface area contributed by atoms with E-state index < -0.39 is 11.0 Å². The van der Waals surface area contributed by atoms with Gasteiger partial charge in [-0.3, -0.25) is 10.1 Å². The zero-order chi connectivity index (χ0) is 11.4. The summed E-state index contributed by atoms with van der Waals surface area (Å²) in [6, 6.07) is 0.525. The molecule has 0 aliphatic rings. The average Bonchev–Trinajstić information content (AvgIpc) is 2.18. The molecule has 1 aromatic heterocycles. The molecule has 0 bridgehead atoms. The number of hydrogen-bond donors (Lipinski definition) is 2. The second-order valence-electron chi connectivity index (χ2n) is 2.65. The topological polar surface area (TPSA) is 120 Å². The second kappa shape index (κ2) is 4.67. The molecule has 0 amide bonds. The standard InChI is InChI=1S/C7H8ClN5O2/c8-7-5(6(9)3-12-10)1-4(2-11-7)13(14)15/h1-3,6H,9-10H2/b12-3-. The van der Waals surface area contributed by atoms with E-state index in [1.54, 1.807) is 0 Å². The number of nitro groups is 1. The number of hydrazone groups is 1. The Morgan fingerprint density at radius 1 is 1.73 bits per heavy atom. The highest BCUT2D eigenvalue weighted by Crippen LogP contribution is 2.22. The smallest absolute Gasteiger partial charge is 0.288 e. The van der Waals surface area contributed by atoms with Crippen LogP contribution in [0.2, 0.25) is 5.15 Å². The summed E-state index contributed by atoms with van der Waals surface area (Å²) in [4.78, 5) is 13.5. The third-order valence-electron chi connectivity index (χ3n) is 1.67. The lowest BCUT2D eigenvalue weighted by atomic mass is 10.1. The van der Waals surface area contributed by atoms with Crippen molar-refractivity contribution in [2.45, 2.75) is 6.04 Å². The molecule has 1 aromatic rings. The Labute approximate surface area is 89.9 Å². The van der Waals surface area contributed by atoms with Crippen molar-refractivity contribution >= 4 is 23.5 Å². The minimum Gasteiger partial charge on any atom is -0.324 e. The van der Waals surface area contributed by atoms with E-state index in [9.17, 15) is 10.1 Å². The highest BCUT2D eigenvalue weighted by molar-refractivity contribution is 6.30. The number of rotatable bonds is 3. The zero-order valence-corrected chi connectivity index (χ0v) is 8.26. The number of nitrogens with zero attached hydrogens (tertiary/aromatic N) is 3. The van der Waals surface area contributed by atoms with Crippen LogP contribution in [0.25, 0.3) is 0 Å². The SMILES string of the molecule is N/N=C\C(N)c1cc([N+](=O)[O-])cnc1Cl. The molecule has 8 heteroatoms. The number of nitrogens with two attached hydrogens (primary N) is 2. The highest BCUT2D eigenvalue weighted by Gasteiger charge is 2.15. The van der Waals surface area contributed by atoms with Gasteiger partial charge in [-0.1, -0.05) is 11.6 Å². The van der Waals surface area contributed by atoms with Gasteiger partial charge in [0.2, 0.25) is 0 Å². The van der Waals surface area contributed by atoms with Crippen molar-refractivity contribution in [3.8, 4) is 0 Å². The van der Waals surface area contributed by atoms with Gasteiger partial charge in [-0.05, 0) is 0 Å². The molecule has 0 aliphatic heterocycles. The first-order valence-corrected chi connectivity index (χ1v) is 4.23. The summed E-state index contributed by atoms with van der Waals surface area (Å²) in [5.41, 5.74) is 5.72. The van der Waals surface area contributed by atoms with Crippen molar-refractivity contribution in [2.75, 3.05) is 0 Å². The summed E-state index contributed by atoms with van der Waals surface area (Å²) in [6.45, 7) is 0. The third kappa shape index (κ3) is 2.61. The molecule has 0 saturated carbocycles. The molecule has 0 radical (unpaired) electrons. The van der Waals surface area contributed by atoms with Gasteiger partial charge in [-0.15, -0.1) is 0 Å². The van der Waals surface area contributed by atoms with Gasteiger partial charge in [0.25, 0.3) is 5.69 Å². The first-order chi connectivity index (χ1) is 7.06. The van der Waals surface area contributed by atoms with Gasteiger partial charge in [0.1, 0.15) is 11.3 Å². The first-order valence-electron chi connectivity index (χ1n) is 3.85. The average molecular weight is 230 g/mol. The molecule has 7 nitrogen and oxygen atoms in total. The van der Waals surface area contributed by atoms with Crippen LogP contribution in [0.5, 0.6) is 0 Å². The summed E-state index contributed by atoms with van der Waals surface area (Å²) in [5.74, 6) is 4.91. The molecule has 0 saturated heterocycles. The van der Waals surface area contributed by atoms with Crippen LogP contribution < -0.4 is 11.6 Å². The molecular formula is C7H8ClN5O2. The predicted molar refractivity (Wildman–Crippen MR) is 55.5 cm³/mol. The molecule has 0 fully saturated rings. The number of pyridine rings is 1. The van der Waals surface area contributed by atoms with Gasteiger partial charge < -0.3 is 11.6 Å². The predicted octanol–water partition coefficient (Wildman–Crippen LogP) is 0.587.